The van der Waals surface area contributed by atoms with Gasteiger partial charge in [0.2, 0.25) is 0 Å². The van der Waals surface area contributed by atoms with Crippen LogP contribution in [0.4, 0.5) is 0 Å². The molecule has 1 aromatic heterocycles. The second-order valence-corrected chi connectivity index (χ2v) is 6.48. The first-order valence-corrected chi connectivity index (χ1v) is 8.27. The summed E-state index contributed by atoms with van der Waals surface area (Å²) in [6.45, 7) is 6.35. The Morgan fingerprint density at radius 1 is 0.783 bits per heavy atom. The van der Waals surface area contributed by atoms with E-state index in [0.29, 0.717) is 0 Å². The van der Waals surface area contributed by atoms with Crippen LogP contribution in [0.15, 0.2) is 66.9 Å². The highest BCUT2D eigenvalue weighted by molar-refractivity contribution is 5.35. The van der Waals surface area contributed by atoms with Crippen molar-refractivity contribution in [2.75, 3.05) is 0 Å². The summed E-state index contributed by atoms with van der Waals surface area (Å²) in [5, 5.41) is 0. The van der Waals surface area contributed by atoms with Gasteiger partial charge in [-0.05, 0) is 29.2 Å². The van der Waals surface area contributed by atoms with Crippen molar-refractivity contribution in [3.63, 3.8) is 0 Å². The molecule has 2 heteroatoms. The summed E-state index contributed by atoms with van der Waals surface area (Å²) in [4.78, 5) is 2.54. The van der Waals surface area contributed by atoms with Crippen molar-refractivity contribution in [1.29, 1.82) is 0 Å². The van der Waals surface area contributed by atoms with Gasteiger partial charge in [-0.1, -0.05) is 60.7 Å². The minimum absolute atomic E-state index is 0.968. The summed E-state index contributed by atoms with van der Waals surface area (Å²) < 4.78 is 2.44. The monoisotopic (exact) mass is 302 g/mol. The van der Waals surface area contributed by atoms with Crippen molar-refractivity contribution >= 4 is 0 Å². The molecular weight excluding hydrogens is 280 g/mol. The van der Waals surface area contributed by atoms with Crippen LogP contribution >= 0.6 is 0 Å². The summed E-state index contributed by atoms with van der Waals surface area (Å²) >= 11 is 0. The molecule has 4 rings (SSSR count). The third kappa shape index (κ3) is 2.95. The van der Waals surface area contributed by atoms with Crippen molar-refractivity contribution in [1.82, 2.24) is 9.47 Å². The number of aryl methyl sites for hydroxylation is 1. The summed E-state index contributed by atoms with van der Waals surface area (Å²) in [6.07, 6.45) is 2.32. The lowest BCUT2D eigenvalue weighted by atomic mass is 10.2. The average Bonchev–Trinajstić information content (AvgIpc) is 3.11. The molecule has 2 heterocycles. The van der Waals surface area contributed by atoms with E-state index in [1.54, 1.807) is 0 Å². The molecule has 3 aromatic rings. The predicted molar refractivity (Wildman–Crippen MR) is 94.1 cm³/mol. The Morgan fingerprint density at radius 3 is 2.04 bits per heavy atom. The lowest BCUT2D eigenvalue weighted by Gasteiger charge is -2.16. The number of hydrogen-bond acceptors (Lipinski definition) is 1. The van der Waals surface area contributed by atoms with E-state index in [9.17, 15) is 0 Å². The molecule has 116 valence electrons. The highest BCUT2D eigenvalue weighted by Gasteiger charge is 2.24. The highest BCUT2D eigenvalue weighted by Crippen LogP contribution is 2.29. The first kappa shape index (κ1) is 14.3. The van der Waals surface area contributed by atoms with Crippen LogP contribution < -0.4 is 0 Å². The number of nitrogens with zero attached hydrogens (tertiary/aromatic N) is 2. The normalized spacial score (nSPS) is 14.1. The maximum atomic E-state index is 2.54. The zero-order valence-corrected chi connectivity index (χ0v) is 13.6. The molecule has 2 aromatic carbocycles. The van der Waals surface area contributed by atoms with Crippen LogP contribution in [0.3, 0.4) is 0 Å². The van der Waals surface area contributed by atoms with Crippen molar-refractivity contribution in [3.8, 4) is 0 Å². The van der Waals surface area contributed by atoms with Gasteiger partial charge in [0, 0.05) is 38.1 Å². The summed E-state index contributed by atoms with van der Waals surface area (Å²) in [5.74, 6) is 0. The van der Waals surface area contributed by atoms with Gasteiger partial charge in [-0.2, -0.15) is 0 Å². The van der Waals surface area contributed by atoms with E-state index in [1.165, 1.54) is 27.9 Å². The predicted octanol–water partition coefficient (Wildman–Crippen LogP) is 4.36. The number of aromatic nitrogens is 1. The largest absolute Gasteiger partial charge is 0.345 e. The van der Waals surface area contributed by atoms with Gasteiger partial charge in [0.05, 0.1) is 0 Å². The van der Waals surface area contributed by atoms with Gasteiger partial charge in [0.15, 0.2) is 0 Å². The van der Waals surface area contributed by atoms with Crippen LogP contribution in [-0.2, 0) is 26.2 Å². The van der Waals surface area contributed by atoms with Crippen molar-refractivity contribution < 1.29 is 0 Å². The third-order valence-electron chi connectivity index (χ3n) is 4.72. The molecule has 0 saturated heterocycles. The molecule has 2 nitrogen and oxygen atoms in total. The number of benzene rings is 2. The molecule has 0 radical (unpaired) electrons. The molecule has 1 aliphatic rings. The Bertz CT molecular complexity index is 787. The molecule has 1 aliphatic heterocycles. The molecule has 0 spiro atoms. The van der Waals surface area contributed by atoms with Gasteiger partial charge in [0.25, 0.3) is 0 Å². The molecule has 0 bridgehead atoms. The van der Waals surface area contributed by atoms with Crippen LogP contribution in [0.25, 0.3) is 0 Å². The Hall–Kier alpha value is -2.32. The van der Waals surface area contributed by atoms with Gasteiger partial charge in [-0.25, -0.2) is 0 Å². The minimum atomic E-state index is 0.968. The Morgan fingerprint density at radius 2 is 1.39 bits per heavy atom. The van der Waals surface area contributed by atoms with E-state index < -0.39 is 0 Å². The van der Waals surface area contributed by atoms with Gasteiger partial charge in [0.1, 0.15) is 0 Å². The zero-order valence-electron chi connectivity index (χ0n) is 13.6. The van der Waals surface area contributed by atoms with Crippen LogP contribution in [0, 0.1) is 6.92 Å². The first-order valence-electron chi connectivity index (χ1n) is 8.27. The molecule has 0 saturated carbocycles. The molecule has 0 aliphatic carbocycles. The maximum Gasteiger partial charge on any atom is 0.0473 e. The average molecular weight is 302 g/mol. The molecule has 0 unspecified atom stereocenters. The second kappa shape index (κ2) is 6.05. The summed E-state index contributed by atoms with van der Waals surface area (Å²) in [5.41, 5.74) is 7.20. The smallest absolute Gasteiger partial charge is 0.0473 e. The number of hydrogen-bond donors (Lipinski definition) is 0. The standard InChI is InChI=1S/C21H22N2/c1-17-12-23(14-19-10-6-3-7-11-19)21-16-22(15-20(17)21)13-18-8-4-2-5-9-18/h2-12H,13-16H2,1H3. The number of fused-ring (bicyclic) bond motifs is 1. The minimum Gasteiger partial charge on any atom is -0.345 e. The zero-order chi connectivity index (χ0) is 15.6. The SMILES string of the molecule is Cc1cn(Cc2ccccc2)c2c1CN(Cc1ccccc1)C2. The summed E-state index contributed by atoms with van der Waals surface area (Å²) in [7, 11) is 0. The van der Waals surface area contributed by atoms with Crippen LogP contribution in [0.1, 0.15) is 27.9 Å². The molecule has 23 heavy (non-hydrogen) atoms. The molecule has 0 amide bonds. The Balaban J connectivity index is 1.53. The second-order valence-electron chi connectivity index (χ2n) is 6.48. The highest BCUT2D eigenvalue weighted by atomic mass is 15.2. The maximum absolute atomic E-state index is 2.54. The molecular formula is C21H22N2. The fourth-order valence-corrected chi connectivity index (χ4v) is 3.56. The van der Waals surface area contributed by atoms with Crippen LogP contribution in [0.5, 0.6) is 0 Å². The van der Waals surface area contributed by atoms with Gasteiger partial charge in [-0.3, -0.25) is 4.90 Å². The van der Waals surface area contributed by atoms with Gasteiger partial charge in [-0.15, -0.1) is 0 Å². The van der Waals surface area contributed by atoms with E-state index in [2.05, 4.69) is 83.3 Å². The van der Waals surface area contributed by atoms with E-state index >= 15 is 0 Å². The van der Waals surface area contributed by atoms with E-state index in [1.807, 2.05) is 0 Å². The lowest BCUT2D eigenvalue weighted by molar-refractivity contribution is 0.270. The van der Waals surface area contributed by atoms with E-state index in [4.69, 9.17) is 0 Å². The Labute approximate surface area is 138 Å². The molecule has 0 atom stereocenters. The van der Waals surface area contributed by atoms with Crippen LogP contribution in [0.2, 0.25) is 0 Å². The topological polar surface area (TPSA) is 8.17 Å². The fourth-order valence-electron chi connectivity index (χ4n) is 3.56. The lowest BCUT2D eigenvalue weighted by Crippen LogP contribution is -2.17. The molecule has 0 fully saturated rings. The molecule has 0 N–H and O–H groups in total. The first-order chi connectivity index (χ1) is 11.3. The van der Waals surface area contributed by atoms with Crippen molar-refractivity contribution in [2.45, 2.75) is 33.1 Å². The quantitative estimate of drug-likeness (QED) is 0.695. The van der Waals surface area contributed by atoms with Crippen LogP contribution in [-0.4, -0.2) is 9.47 Å². The van der Waals surface area contributed by atoms with Crippen molar-refractivity contribution in [3.05, 3.63) is 94.8 Å². The van der Waals surface area contributed by atoms with Gasteiger partial charge >= 0.3 is 0 Å². The third-order valence-corrected chi connectivity index (χ3v) is 4.72. The Kier molecular flexibility index (Phi) is 3.76. The van der Waals surface area contributed by atoms with E-state index in [0.717, 1.165) is 26.2 Å². The fraction of sp³-hybridized carbons (Fsp3) is 0.238. The van der Waals surface area contributed by atoms with Gasteiger partial charge < -0.3 is 4.57 Å². The number of rotatable bonds is 4. The van der Waals surface area contributed by atoms with Crippen molar-refractivity contribution in [2.24, 2.45) is 0 Å². The summed E-state index contributed by atoms with van der Waals surface area (Å²) in [6, 6.07) is 21.5. The van der Waals surface area contributed by atoms with E-state index in [-0.39, 0.29) is 0 Å².